The lowest BCUT2D eigenvalue weighted by Gasteiger charge is -2.05. The lowest BCUT2D eigenvalue weighted by atomic mass is 10.1. The molecule has 0 unspecified atom stereocenters. The van der Waals surface area contributed by atoms with Crippen LogP contribution in [-0.2, 0) is 6.42 Å². The average Bonchev–Trinajstić information content (AvgIpc) is 2.45. The van der Waals surface area contributed by atoms with Crippen molar-refractivity contribution in [1.29, 1.82) is 0 Å². The number of aliphatic hydroxyl groups is 1. The molecule has 0 aliphatic carbocycles. The Kier molecular flexibility index (Phi) is 4.87. The Labute approximate surface area is 113 Å². The molecule has 0 aliphatic rings. The van der Waals surface area contributed by atoms with E-state index < -0.39 is 6.10 Å². The third-order valence-electron chi connectivity index (χ3n) is 2.95. The van der Waals surface area contributed by atoms with E-state index in [-0.39, 0.29) is 5.82 Å². The van der Waals surface area contributed by atoms with Gasteiger partial charge in [-0.1, -0.05) is 54.6 Å². The molecule has 0 aromatic heterocycles. The molecular formula is C17H17FO. The summed E-state index contributed by atoms with van der Waals surface area (Å²) in [5, 5.41) is 9.87. The van der Waals surface area contributed by atoms with Crippen LogP contribution in [0.2, 0.25) is 0 Å². The van der Waals surface area contributed by atoms with Crippen molar-refractivity contribution in [3.63, 3.8) is 0 Å². The molecule has 2 rings (SSSR count). The molecule has 98 valence electrons. The van der Waals surface area contributed by atoms with Crippen LogP contribution in [0.25, 0.3) is 6.08 Å². The number of halogens is 1. The van der Waals surface area contributed by atoms with Gasteiger partial charge in [-0.2, -0.15) is 0 Å². The first-order chi connectivity index (χ1) is 9.24. The van der Waals surface area contributed by atoms with Crippen LogP contribution in [0.5, 0.6) is 0 Å². The van der Waals surface area contributed by atoms with Crippen LogP contribution in [-0.4, -0.2) is 11.2 Å². The van der Waals surface area contributed by atoms with E-state index in [4.69, 9.17) is 0 Å². The maximum Gasteiger partial charge on any atom is 0.123 e. The third-order valence-corrected chi connectivity index (χ3v) is 2.95. The third kappa shape index (κ3) is 4.68. The topological polar surface area (TPSA) is 20.2 Å². The summed E-state index contributed by atoms with van der Waals surface area (Å²) in [5.41, 5.74) is 2.11. The summed E-state index contributed by atoms with van der Waals surface area (Å²) in [6.45, 7) is 0. The minimum Gasteiger partial charge on any atom is -0.389 e. The maximum atomic E-state index is 12.7. The second kappa shape index (κ2) is 6.86. The van der Waals surface area contributed by atoms with Crippen LogP contribution in [0.4, 0.5) is 4.39 Å². The maximum absolute atomic E-state index is 12.7. The highest BCUT2D eigenvalue weighted by Gasteiger charge is 2.00. The minimum atomic E-state index is -0.481. The Morgan fingerprint density at radius 3 is 2.37 bits per heavy atom. The summed E-state index contributed by atoms with van der Waals surface area (Å²) in [6.07, 6.45) is 4.60. The molecule has 2 heteroatoms. The SMILES string of the molecule is O[C@H](/C=C/c1ccc(F)cc1)CCc1ccccc1. The second-order valence-electron chi connectivity index (χ2n) is 4.50. The van der Waals surface area contributed by atoms with Crippen molar-refractivity contribution in [3.05, 3.63) is 77.6 Å². The van der Waals surface area contributed by atoms with Crippen LogP contribution >= 0.6 is 0 Å². The van der Waals surface area contributed by atoms with E-state index in [1.807, 2.05) is 24.3 Å². The number of benzene rings is 2. The van der Waals surface area contributed by atoms with Gasteiger partial charge in [-0.05, 0) is 36.1 Å². The van der Waals surface area contributed by atoms with E-state index >= 15 is 0 Å². The van der Waals surface area contributed by atoms with Gasteiger partial charge >= 0.3 is 0 Å². The Balaban J connectivity index is 1.84. The van der Waals surface area contributed by atoms with E-state index in [1.54, 1.807) is 18.2 Å². The predicted octanol–water partition coefficient (Wildman–Crippen LogP) is 3.83. The van der Waals surface area contributed by atoms with Gasteiger partial charge in [0.1, 0.15) is 5.82 Å². The van der Waals surface area contributed by atoms with Crippen molar-refractivity contribution < 1.29 is 9.50 Å². The number of hydrogen-bond donors (Lipinski definition) is 1. The highest BCUT2D eigenvalue weighted by atomic mass is 19.1. The average molecular weight is 256 g/mol. The number of hydrogen-bond acceptors (Lipinski definition) is 1. The highest BCUT2D eigenvalue weighted by Crippen LogP contribution is 2.09. The second-order valence-corrected chi connectivity index (χ2v) is 4.50. The molecule has 0 saturated carbocycles. The lowest BCUT2D eigenvalue weighted by Crippen LogP contribution is -2.03. The Morgan fingerprint density at radius 1 is 1.00 bits per heavy atom. The summed E-state index contributed by atoms with van der Waals surface area (Å²) in [5.74, 6) is -0.248. The molecule has 1 atom stereocenters. The van der Waals surface area contributed by atoms with Crippen molar-refractivity contribution in [2.24, 2.45) is 0 Å². The van der Waals surface area contributed by atoms with Gasteiger partial charge in [0.2, 0.25) is 0 Å². The molecule has 0 fully saturated rings. The normalized spacial score (nSPS) is 12.7. The van der Waals surface area contributed by atoms with Crippen LogP contribution in [0.3, 0.4) is 0 Å². The van der Waals surface area contributed by atoms with Gasteiger partial charge in [0.15, 0.2) is 0 Å². The summed E-state index contributed by atoms with van der Waals surface area (Å²) < 4.78 is 12.7. The zero-order valence-electron chi connectivity index (χ0n) is 10.7. The smallest absolute Gasteiger partial charge is 0.123 e. The lowest BCUT2D eigenvalue weighted by molar-refractivity contribution is 0.214. The molecule has 0 saturated heterocycles. The van der Waals surface area contributed by atoms with E-state index in [9.17, 15) is 9.50 Å². The summed E-state index contributed by atoms with van der Waals surface area (Å²) in [6, 6.07) is 16.3. The number of aliphatic hydroxyl groups excluding tert-OH is 1. The van der Waals surface area contributed by atoms with Gasteiger partial charge in [-0.25, -0.2) is 4.39 Å². The highest BCUT2D eigenvalue weighted by molar-refractivity contribution is 5.49. The molecule has 0 heterocycles. The summed E-state index contributed by atoms with van der Waals surface area (Å²) in [4.78, 5) is 0. The molecule has 2 aromatic rings. The van der Waals surface area contributed by atoms with E-state index in [0.717, 1.165) is 12.0 Å². The fourth-order valence-corrected chi connectivity index (χ4v) is 1.85. The number of rotatable bonds is 5. The van der Waals surface area contributed by atoms with Crippen LogP contribution in [0.1, 0.15) is 17.5 Å². The molecule has 2 aromatic carbocycles. The molecule has 0 bridgehead atoms. The molecule has 1 nitrogen and oxygen atoms in total. The molecule has 19 heavy (non-hydrogen) atoms. The van der Waals surface area contributed by atoms with E-state index in [0.29, 0.717) is 6.42 Å². The zero-order valence-corrected chi connectivity index (χ0v) is 10.7. The van der Waals surface area contributed by atoms with Gasteiger partial charge in [-0.15, -0.1) is 0 Å². The molecule has 0 amide bonds. The predicted molar refractivity (Wildman–Crippen MR) is 76.2 cm³/mol. The summed E-state index contributed by atoms with van der Waals surface area (Å²) in [7, 11) is 0. The minimum absolute atomic E-state index is 0.248. The van der Waals surface area contributed by atoms with E-state index in [1.165, 1.54) is 17.7 Å². The summed E-state index contributed by atoms with van der Waals surface area (Å²) >= 11 is 0. The molecule has 0 spiro atoms. The first-order valence-corrected chi connectivity index (χ1v) is 6.40. The van der Waals surface area contributed by atoms with Gasteiger partial charge in [0.05, 0.1) is 6.10 Å². The van der Waals surface area contributed by atoms with Gasteiger partial charge in [0, 0.05) is 0 Å². The molecule has 0 radical (unpaired) electrons. The molecule has 1 N–H and O–H groups in total. The standard InChI is InChI=1S/C17H17FO/c18-16-10-6-15(7-11-16)9-13-17(19)12-8-14-4-2-1-3-5-14/h1-7,9-11,13,17,19H,8,12H2/b13-9+/t17-/m0/s1. The van der Waals surface area contributed by atoms with Crippen molar-refractivity contribution in [2.75, 3.05) is 0 Å². The Hall–Kier alpha value is -1.93. The Morgan fingerprint density at radius 2 is 1.68 bits per heavy atom. The quantitative estimate of drug-likeness (QED) is 0.862. The van der Waals surface area contributed by atoms with Crippen molar-refractivity contribution in [2.45, 2.75) is 18.9 Å². The van der Waals surface area contributed by atoms with E-state index in [2.05, 4.69) is 12.1 Å². The monoisotopic (exact) mass is 256 g/mol. The van der Waals surface area contributed by atoms with Crippen LogP contribution < -0.4 is 0 Å². The number of aryl methyl sites for hydroxylation is 1. The van der Waals surface area contributed by atoms with Gasteiger partial charge in [-0.3, -0.25) is 0 Å². The largest absolute Gasteiger partial charge is 0.389 e. The van der Waals surface area contributed by atoms with Gasteiger partial charge in [0.25, 0.3) is 0 Å². The Bertz CT molecular complexity index is 517. The zero-order chi connectivity index (χ0) is 13.5. The van der Waals surface area contributed by atoms with Gasteiger partial charge < -0.3 is 5.11 Å². The van der Waals surface area contributed by atoms with Crippen molar-refractivity contribution in [3.8, 4) is 0 Å². The van der Waals surface area contributed by atoms with Crippen molar-refractivity contribution >= 4 is 6.08 Å². The molecule has 0 aliphatic heterocycles. The first-order valence-electron chi connectivity index (χ1n) is 6.40. The van der Waals surface area contributed by atoms with Crippen molar-refractivity contribution in [1.82, 2.24) is 0 Å². The molecular weight excluding hydrogens is 239 g/mol. The fraction of sp³-hybridized carbons (Fsp3) is 0.176. The van der Waals surface area contributed by atoms with Crippen LogP contribution in [0, 0.1) is 5.82 Å². The first kappa shape index (κ1) is 13.5. The fourth-order valence-electron chi connectivity index (χ4n) is 1.85. The van der Waals surface area contributed by atoms with Crippen LogP contribution in [0.15, 0.2) is 60.7 Å².